The van der Waals surface area contributed by atoms with Crippen molar-refractivity contribution < 1.29 is 28.5 Å². The van der Waals surface area contributed by atoms with Gasteiger partial charge in [0.05, 0.1) is 38.7 Å². The summed E-state index contributed by atoms with van der Waals surface area (Å²) in [5.41, 5.74) is 14.2. The van der Waals surface area contributed by atoms with Gasteiger partial charge in [0.2, 0.25) is 0 Å². The monoisotopic (exact) mass is 442 g/mol. The van der Waals surface area contributed by atoms with E-state index >= 15 is 0 Å². The second-order valence-corrected chi connectivity index (χ2v) is 7.48. The van der Waals surface area contributed by atoms with Gasteiger partial charge >= 0.3 is 12.2 Å². The van der Waals surface area contributed by atoms with E-state index in [4.69, 9.17) is 30.4 Å². The highest BCUT2D eigenvalue weighted by molar-refractivity contribution is 5.94. The maximum Gasteiger partial charge on any atom is 0.414 e. The van der Waals surface area contributed by atoms with Crippen LogP contribution in [-0.4, -0.2) is 64.8 Å². The zero-order chi connectivity index (χ0) is 22.8. The van der Waals surface area contributed by atoms with E-state index in [1.54, 1.807) is 26.4 Å². The molecule has 2 aromatic rings. The molecule has 0 radical (unpaired) electrons. The van der Waals surface area contributed by atoms with Crippen molar-refractivity contribution in [3.63, 3.8) is 0 Å². The van der Waals surface area contributed by atoms with Crippen LogP contribution in [0.2, 0.25) is 0 Å². The van der Waals surface area contributed by atoms with Crippen LogP contribution in [-0.2, 0) is 9.47 Å². The average molecular weight is 442 g/mol. The van der Waals surface area contributed by atoms with Crippen LogP contribution in [0, 0.1) is 0 Å². The van der Waals surface area contributed by atoms with Crippen molar-refractivity contribution in [2.75, 3.05) is 50.2 Å². The molecule has 0 spiro atoms. The van der Waals surface area contributed by atoms with Gasteiger partial charge in [-0.3, -0.25) is 9.80 Å². The van der Waals surface area contributed by atoms with E-state index in [1.165, 1.54) is 9.80 Å². The predicted octanol–water partition coefficient (Wildman–Crippen LogP) is 1.94. The fraction of sp³-hybridized carbons (Fsp3) is 0.364. The number of rotatable bonds is 7. The molecule has 170 valence electrons. The first kappa shape index (κ1) is 21.7. The van der Waals surface area contributed by atoms with Gasteiger partial charge in [-0.2, -0.15) is 0 Å². The molecule has 2 aromatic carbocycles. The highest BCUT2D eigenvalue weighted by Gasteiger charge is 2.34. The molecule has 2 aliphatic heterocycles. The summed E-state index contributed by atoms with van der Waals surface area (Å²) in [7, 11) is 3.09. The van der Waals surface area contributed by atoms with Crippen molar-refractivity contribution >= 4 is 23.6 Å². The second kappa shape index (κ2) is 8.93. The minimum Gasteiger partial charge on any atom is -0.495 e. The Bertz CT molecular complexity index is 948. The lowest BCUT2D eigenvalue weighted by Crippen LogP contribution is -2.27. The number of cyclic esters (lactones) is 2. The third-order valence-electron chi connectivity index (χ3n) is 5.55. The van der Waals surface area contributed by atoms with E-state index in [0.717, 1.165) is 11.1 Å². The van der Waals surface area contributed by atoms with Crippen molar-refractivity contribution in [2.24, 2.45) is 11.5 Å². The molecular weight excluding hydrogens is 416 g/mol. The molecule has 4 rings (SSSR count). The summed E-state index contributed by atoms with van der Waals surface area (Å²) in [6, 6.07) is 11.0. The quantitative estimate of drug-likeness (QED) is 0.665. The first-order valence-corrected chi connectivity index (χ1v) is 10.2. The number of nitrogens with two attached hydrogens (primary N) is 2. The van der Waals surface area contributed by atoms with E-state index in [0.29, 0.717) is 36.0 Å². The number of nitrogens with zero attached hydrogens (tertiary/aromatic N) is 2. The first-order chi connectivity index (χ1) is 15.5. The minimum atomic E-state index is -0.453. The number of amides is 2. The lowest BCUT2D eigenvalue weighted by Gasteiger charge is -2.19. The Labute approximate surface area is 185 Å². The van der Waals surface area contributed by atoms with Crippen LogP contribution in [0.15, 0.2) is 36.4 Å². The lowest BCUT2D eigenvalue weighted by molar-refractivity contribution is 0.144. The highest BCUT2D eigenvalue weighted by atomic mass is 16.6. The van der Waals surface area contributed by atoms with Gasteiger partial charge in [0.15, 0.2) is 0 Å². The van der Waals surface area contributed by atoms with Crippen LogP contribution in [0.5, 0.6) is 11.5 Å². The number of methoxy groups -OCH3 is 2. The summed E-state index contributed by atoms with van der Waals surface area (Å²) in [6.07, 6.45) is -1.60. The molecule has 0 bridgehead atoms. The summed E-state index contributed by atoms with van der Waals surface area (Å²) >= 11 is 0. The SMILES string of the molecule is COc1cc(-c2ccc(N3C[C@H](CN)OC3=O)c(OC)c2)ccc1N1C[C@H](CN)OC1=O. The molecule has 0 aromatic heterocycles. The van der Waals surface area contributed by atoms with Crippen molar-refractivity contribution in [3.8, 4) is 22.6 Å². The normalized spacial score (nSPS) is 20.4. The highest BCUT2D eigenvalue weighted by Crippen LogP contribution is 2.39. The van der Waals surface area contributed by atoms with Gasteiger partial charge in [0, 0.05) is 13.1 Å². The summed E-state index contributed by atoms with van der Waals surface area (Å²) in [5.74, 6) is 1.04. The number of carbonyl (C=O) groups excluding carboxylic acids is 2. The standard InChI is InChI=1S/C22H26N4O6/c1-29-19-7-13(3-5-17(19)25-11-15(9-23)31-21(25)27)14-4-6-18(20(8-14)30-2)26-12-16(10-24)32-22(26)28/h3-8,15-16H,9-12,23-24H2,1-2H3/t15-,16-/m0/s1. The smallest absolute Gasteiger partial charge is 0.414 e. The Balaban J connectivity index is 1.64. The Morgan fingerprint density at radius 3 is 1.53 bits per heavy atom. The Kier molecular flexibility index (Phi) is 6.06. The molecule has 32 heavy (non-hydrogen) atoms. The zero-order valence-electron chi connectivity index (χ0n) is 17.9. The van der Waals surface area contributed by atoms with Crippen molar-refractivity contribution in [2.45, 2.75) is 12.2 Å². The first-order valence-electron chi connectivity index (χ1n) is 10.2. The van der Waals surface area contributed by atoms with E-state index in [2.05, 4.69) is 0 Å². The largest absolute Gasteiger partial charge is 0.495 e. The van der Waals surface area contributed by atoms with Crippen LogP contribution in [0.1, 0.15) is 0 Å². The molecule has 0 unspecified atom stereocenters. The maximum absolute atomic E-state index is 12.2. The molecule has 2 aliphatic rings. The molecule has 2 amide bonds. The van der Waals surface area contributed by atoms with Crippen molar-refractivity contribution in [3.05, 3.63) is 36.4 Å². The van der Waals surface area contributed by atoms with Gasteiger partial charge in [-0.1, -0.05) is 12.1 Å². The number of hydrogen-bond donors (Lipinski definition) is 2. The summed E-state index contributed by atoms with van der Waals surface area (Å²) in [4.78, 5) is 27.4. The van der Waals surface area contributed by atoms with E-state index in [-0.39, 0.29) is 25.3 Å². The lowest BCUT2D eigenvalue weighted by atomic mass is 10.0. The van der Waals surface area contributed by atoms with E-state index < -0.39 is 12.2 Å². The topological polar surface area (TPSA) is 130 Å². The number of ether oxygens (including phenoxy) is 4. The molecule has 0 saturated carbocycles. The third kappa shape index (κ3) is 3.90. The number of benzene rings is 2. The molecule has 10 nitrogen and oxygen atoms in total. The molecule has 2 saturated heterocycles. The van der Waals surface area contributed by atoms with Crippen LogP contribution in [0.25, 0.3) is 11.1 Å². The third-order valence-corrected chi connectivity index (χ3v) is 5.55. The molecular formula is C22H26N4O6. The zero-order valence-corrected chi connectivity index (χ0v) is 17.9. The minimum absolute atomic E-state index is 0.255. The van der Waals surface area contributed by atoms with Crippen LogP contribution in [0.4, 0.5) is 21.0 Å². The summed E-state index contributed by atoms with van der Waals surface area (Å²) in [6.45, 7) is 1.24. The molecule has 2 atom stereocenters. The predicted molar refractivity (Wildman–Crippen MR) is 118 cm³/mol. The Morgan fingerprint density at radius 2 is 1.22 bits per heavy atom. The second-order valence-electron chi connectivity index (χ2n) is 7.48. The summed E-state index contributed by atoms with van der Waals surface area (Å²) in [5, 5.41) is 0. The number of hydrogen-bond acceptors (Lipinski definition) is 8. The van der Waals surface area contributed by atoms with Gasteiger partial charge in [-0.05, 0) is 35.4 Å². The van der Waals surface area contributed by atoms with Gasteiger partial charge in [0.25, 0.3) is 0 Å². The van der Waals surface area contributed by atoms with Crippen LogP contribution < -0.4 is 30.7 Å². The molecule has 0 aliphatic carbocycles. The van der Waals surface area contributed by atoms with Crippen LogP contribution >= 0.6 is 0 Å². The van der Waals surface area contributed by atoms with Gasteiger partial charge in [0.1, 0.15) is 23.7 Å². The number of carbonyl (C=O) groups is 2. The Morgan fingerprint density at radius 1 is 0.812 bits per heavy atom. The summed E-state index contributed by atoms with van der Waals surface area (Å²) < 4.78 is 21.6. The van der Waals surface area contributed by atoms with Crippen LogP contribution in [0.3, 0.4) is 0 Å². The number of anilines is 2. The van der Waals surface area contributed by atoms with Gasteiger partial charge in [-0.15, -0.1) is 0 Å². The fourth-order valence-electron chi connectivity index (χ4n) is 3.84. The molecule has 10 heteroatoms. The maximum atomic E-state index is 12.2. The molecule has 2 fully saturated rings. The van der Waals surface area contributed by atoms with E-state index in [1.807, 2.05) is 24.3 Å². The van der Waals surface area contributed by atoms with Crippen molar-refractivity contribution in [1.82, 2.24) is 0 Å². The fourth-order valence-corrected chi connectivity index (χ4v) is 3.84. The Hall–Kier alpha value is -3.50. The van der Waals surface area contributed by atoms with Gasteiger partial charge < -0.3 is 30.4 Å². The molecule has 2 heterocycles. The molecule has 4 N–H and O–H groups in total. The van der Waals surface area contributed by atoms with Crippen molar-refractivity contribution in [1.29, 1.82) is 0 Å². The van der Waals surface area contributed by atoms with Gasteiger partial charge in [-0.25, -0.2) is 9.59 Å². The van der Waals surface area contributed by atoms with E-state index in [9.17, 15) is 9.59 Å². The average Bonchev–Trinajstić information content (AvgIpc) is 3.39.